The molecule has 2 aliphatic rings. The molecule has 0 N–H and O–H groups in total. The summed E-state index contributed by atoms with van der Waals surface area (Å²) in [6, 6.07) is 8.82. The Bertz CT molecular complexity index is 739. The Kier molecular flexibility index (Phi) is 4.01. The lowest BCUT2D eigenvalue weighted by Gasteiger charge is -2.40. The first-order valence-corrected chi connectivity index (χ1v) is 8.71. The highest BCUT2D eigenvalue weighted by Gasteiger charge is 2.72. The van der Waals surface area contributed by atoms with Crippen molar-refractivity contribution in [1.29, 1.82) is 0 Å². The number of hydrogen-bond donors (Lipinski definition) is 0. The van der Waals surface area contributed by atoms with Gasteiger partial charge in [0.2, 0.25) is 5.91 Å². The Labute approximate surface area is 149 Å². The van der Waals surface area contributed by atoms with Crippen LogP contribution in [0.25, 0.3) is 0 Å². The van der Waals surface area contributed by atoms with Gasteiger partial charge in [-0.2, -0.15) is 0 Å². The number of nitrogens with zero attached hydrogens (tertiary/aromatic N) is 2. The van der Waals surface area contributed by atoms with Crippen molar-refractivity contribution in [2.45, 2.75) is 40.0 Å². The second kappa shape index (κ2) is 5.68. The number of hydrogen-bond acceptors (Lipinski definition) is 4. The van der Waals surface area contributed by atoms with Crippen molar-refractivity contribution >= 4 is 17.6 Å². The molecule has 0 aliphatic heterocycles. The maximum atomic E-state index is 13.0. The summed E-state index contributed by atoms with van der Waals surface area (Å²) in [5, 5.41) is 4.23. The van der Waals surface area contributed by atoms with Crippen LogP contribution in [0.4, 0.5) is 0 Å². The minimum atomic E-state index is -0.469. The quantitative estimate of drug-likeness (QED) is 0.624. The van der Waals surface area contributed by atoms with Crippen LogP contribution in [0, 0.1) is 16.2 Å². The highest BCUT2D eigenvalue weighted by Crippen LogP contribution is 2.71. The van der Waals surface area contributed by atoms with E-state index in [0.29, 0.717) is 12.0 Å². The number of fused-ring (bicyclic) bond motifs is 2. The highest BCUT2D eigenvalue weighted by atomic mass is 16.7. The van der Waals surface area contributed by atoms with E-state index in [1.807, 2.05) is 6.07 Å². The van der Waals surface area contributed by atoms with Crippen LogP contribution >= 0.6 is 0 Å². The standard InChI is InChI=1S/C20H26N2O3/c1-18(2)19(3)11-12-20(18,17(24)22(4)5)13-15(19)21-25-16(23)14-9-7-6-8-10-14/h6-10H,11-13H2,1-5H3/b21-15-. The van der Waals surface area contributed by atoms with Crippen LogP contribution in [0.5, 0.6) is 0 Å². The SMILES string of the molecule is CN(C)C(=O)C12CCC(C)(/C(=N\OC(=O)c3ccccc3)C1)C2(C)C. The van der Waals surface area contributed by atoms with Gasteiger partial charge in [0, 0.05) is 25.9 Å². The predicted octanol–water partition coefficient (Wildman–Crippen LogP) is 3.50. The van der Waals surface area contributed by atoms with E-state index in [2.05, 4.69) is 25.9 Å². The van der Waals surface area contributed by atoms with E-state index in [4.69, 9.17) is 4.84 Å². The maximum Gasteiger partial charge on any atom is 0.365 e. The Hall–Kier alpha value is -2.17. The number of oxime groups is 1. The number of benzene rings is 1. The third-order valence-corrected chi connectivity index (χ3v) is 6.80. The molecule has 3 rings (SSSR count). The van der Waals surface area contributed by atoms with Gasteiger partial charge in [0.1, 0.15) is 0 Å². The average molecular weight is 342 g/mol. The van der Waals surface area contributed by atoms with Crippen LogP contribution in [-0.2, 0) is 9.63 Å². The minimum Gasteiger partial charge on any atom is -0.348 e. The van der Waals surface area contributed by atoms with Crippen LogP contribution in [0.2, 0.25) is 0 Å². The van der Waals surface area contributed by atoms with E-state index in [9.17, 15) is 9.59 Å². The molecular formula is C20H26N2O3. The molecule has 2 aliphatic carbocycles. The summed E-state index contributed by atoms with van der Waals surface area (Å²) >= 11 is 0. The number of carbonyl (C=O) groups excluding carboxylic acids is 2. The average Bonchev–Trinajstić information content (AvgIpc) is 2.90. The summed E-state index contributed by atoms with van der Waals surface area (Å²) < 4.78 is 0. The zero-order valence-electron chi connectivity index (χ0n) is 15.6. The van der Waals surface area contributed by atoms with Crippen molar-refractivity contribution in [2.24, 2.45) is 21.4 Å². The molecule has 1 aromatic carbocycles. The Morgan fingerprint density at radius 1 is 1.08 bits per heavy atom. The Morgan fingerprint density at radius 2 is 1.72 bits per heavy atom. The lowest BCUT2D eigenvalue weighted by Crippen LogP contribution is -2.46. The Balaban J connectivity index is 1.90. The zero-order valence-corrected chi connectivity index (χ0v) is 15.6. The maximum absolute atomic E-state index is 13.0. The van der Waals surface area contributed by atoms with Crippen molar-refractivity contribution in [3.05, 3.63) is 35.9 Å². The lowest BCUT2D eigenvalue weighted by molar-refractivity contribution is -0.144. The predicted molar refractivity (Wildman–Crippen MR) is 96.2 cm³/mol. The first kappa shape index (κ1) is 17.6. The van der Waals surface area contributed by atoms with Gasteiger partial charge in [-0.1, -0.05) is 44.1 Å². The normalized spacial score (nSPS) is 31.2. The van der Waals surface area contributed by atoms with Gasteiger partial charge in [-0.05, 0) is 30.4 Å². The third kappa shape index (κ3) is 2.32. The van der Waals surface area contributed by atoms with E-state index in [-0.39, 0.29) is 16.7 Å². The molecule has 0 spiro atoms. The van der Waals surface area contributed by atoms with Crippen LogP contribution in [-0.4, -0.2) is 36.6 Å². The van der Waals surface area contributed by atoms with Gasteiger partial charge < -0.3 is 9.74 Å². The van der Waals surface area contributed by atoms with Crippen LogP contribution < -0.4 is 0 Å². The van der Waals surface area contributed by atoms with E-state index in [1.54, 1.807) is 43.3 Å². The zero-order chi connectivity index (χ0) is 18.5. The lowest BCUT2D eigenvalue weighted by atomic mass is 9.64. The molecule has 1 aromatic rings. The summed E-state index contributed by atoms with van der Waals surface area (Å²) in [6.07, 6.45) is 2.27. The van der Waals surface area contributed by atoms with Crippen molar-refractivity contribution in [1.82, 2.24) is 4.90 Å². The summed E-state index contributed by atoms with van der Waals surface area (Å²) in [5.41, 5.74) is 0.347. The second-order valence-electron chi connectivity index (χ2n) is 8.20. The molecule has 5 heteroatoms. The monoisotopic (exact) mass is 342 g/mol. The summed E-state index contributed by atoms with van der Waals surface area (Å²) in [7, 11) is 3.60. The molecule has 2 atom stereocenters. The molecule has 2 bridgehead atoms. The molecule has 0 saturated heterocycles. The van der Waals surface area contributed by atoms with Gasteiger partial charge in [-0.15, -0.1) is 0 Å². The largest absolute Gasteiger partial charge is 0.365 e. The molecule has 134 valence electrons. The molecule has 2 fully saturated rings. The minimum absolute atomic E-state index is 0.140. The van der Waals surface area contributed by atoms with Crippen molar-refractivity contribution in [3.8, 4) is 0 Å². The molecule has 0 aromatic heterocycles. The van der Waals surface area contributed by atoms with Gasteiger partial charge in [0.05, 0.1) is 16.7 Å². The van der Waals surface area contributed by atoms with Gasteiger partial charge >= 0.3 is 5.97 Å². The van der Waals surface area contributed by atoms with Gasteiger partial charge in [0.25, 0.3) is 0 Å². The molecule has 2 saturated carbocycles. The molecule has 25 heavy (non-hydrogen) atoms. The van der Waals surface area contributed by atoms with E-state index < -0.39 is 11.4 Å². The van der Waals surface area contributed by atoms with Gasteiger partial charge in [0.15, 0.2) is 0 Å². The van der Waals surface area contributed by atoms with E-state index in [1.165, 1.54) is 0 Å². The fourth-order valence-corrected chi connectivity index (χ4v) is 4.65. The number of amides is 1. The van der Waals surface area contributed by atoms with Crippen LogP contribution in [0.1, 0.15) is 50.4 Å². The van der Waals surface area contributed by atoms with Crippen LogP contribution in [0.3, 0.4) is 0 Å². The smallest absolute Gasteiger partial charge is 0.348 e. The van der Waals surface area contributed by atoms with Crippen molar-refractivity contribution < 1.29 is 14.4 Å². The summed E-state index contributed by atoms with van der Waals surface area (Å²) in [4.78, 5) is 32.0. The summed E-state index contributed by atoms with van der Waals surface area (Å²) in [6.45, 7) is 6.42. The number of carbonyl (C=O) groups is 2. The highest BCUT2D eigenvalue weighted by molar-refractivity contribution is 6.02. The van der Waals surface area contributed by atoms with Gasteiger partial charge in [-0.3, -0.25) is 4.79 Å². The molecular weight excluding hydrogens is 316 g/mol. The first-order chi connectivity index (χ1) is 11.7. The van der Waals surface area contributed by atoms with Crippen LogP contribution in [0.15, 0.2) is 35.5 Å². The molecule has 0 heterocycles. The van der Waals surface area contributed by atoms with E-state index >= 15 is 0 Å². The number of rotatable bonds is 3. The fraction of sp³-hybridized carbons (Fsp3) is 0.550. The molecule has 5 nitrogen and oxygen atoms in total. The second-order valence-corrected chi connectivity index (χ2v) is 8.20. The third-order valence-electron chi connectivity index (χ3n) is 6.80. The first-order valence-electron chi connectivity index (χ1n) is 8.71. The fourth-order valence-electron chi connectivity index (χ4n) is 4.65. The Morgan fingerprint density at radius 3 is 2.32 bits per heavy atom. The molecule has 2 unspecified atom stereocenters. The van der Waals surface area contributed by atoms with E-state index in [0.717, 1.165) is 18.6 Å². The summed E-state index contributed by atoms with van der Waals surface area (Å²) in [5.74, 6) is -0.328. The molecule has 0 radical (unpaired) electrons. The van der Waals surface area contributed by atoms with Crippen molar-refractivity contribution in [3.63, 3.8) is 0 Å². The topological polar surface area (TPSA) is 59.0 Å². The molecule has 1 amide bonds. The van der Waals surface area contributed by atoms with Crippen molar-refractivity contribution in [2.75, 3.05) is 14.1 Å². The van der Waals surface area contributed by atoms with Gasteiger partial charge in [-0.25, -0.2) is 4.79 Å².